The zero-order valence-electron chi connectivity index (χ0n) is 11.5. The van der Waals surface area contributed by atoms with Crippen molar-refractivity contribution in [1.82, 2.24) is 0 Å². The van der Waals surface area contributed by atoms with Crippen molar-refractivity contribution >= 4 is 22.2 Å². The highest BCUT2D eigenvalue weighted by atomic mass is 32.1. The Morgan fingerprint density at radius 1 is 1.29 bits per heavy atom. The summed E-state index contributed by atoms with van der Waals surface area (Å²) in [6.45, 7) is 0. The van der Waals surface area contributed by atoms with Crippen molar-refractivity contribution in [2.45, 2.75) is 25.7 Å². The number of rotatable bonds is 2. The lowest BCUT2D eigenvalue weighted by Crippen LogP contribution is -2.13. The van der Waals surface area contributed by atoms with Gasteiger partial charge in [-0.1, -0.05) is 24.3 Å². The van der Waals surface area contributed by atoms with Crippen LogP contribution in [0.2, 0.25) is 0 Å². The number of aryl methyl sites for hydroxylation is 1. The molecule has 1 aromatic carbocycles. The predicted octanol–water partition coefficient (Wildman–Crippen LogP) is 3.73. The maximum Gasteiger partial charge on any atom is 0.228 e. The summed E-state index contributed by atoms with van der Waals surface area (Å²) in [4.78, 5) is 13.1. The Morgan fingerprint density at radius 2 is 2.10 bits per heavy atom. The lowest BCUT2D eigenvalue weighted by atomic mass is 9.90. The second-order valence-electron chi connectivity index (χ2n) is 5.65. The van der Waals surface area contributed by atoms with Gasteiger partial charge in [0.2, 0.25) is 5.91 Å². The molecule has 104 valence electrons. The minimum absolute atomic E-state index is 0.0679. The normalized spacial score (nSPS) is 15.8. The maximum absolute atomic E-state index is 12.0. The first-order valence-corrected chi connectivity index (χ1v) is 8.04. The minimum Gasteiger partial charge on any atom is -0.316 e. The molecular weight excluding hydrogens is 280 g/mol. The molecule has 2 aromatic rings. The lowest BCUT2D eigenvalue weighted by molar-refractivity contribution is -0.117. The molecule has 4 heteroatoms. The van der Waals surface area contributed by atoms with E-state index in [0.717, 1.165) is 41.1 Å². The van der Waals surface area contributed by atoms with Gasteiger partial charge in [0, 0.05) is 10.8 Å². The standard InChI is InChI=1S/C17H14N2OS/c18-9-14-13-8-7-10-3-1-2-4-12(10)15(13)21-17(14)19-16(20)11-5-6-11/h1-4,11H,5-8H2,(H,19,20). The molecule has 1 N–H and O–H groups in total. The topological polar surface area (TPSA) is 52.9 Å². The molecule has 3 nitrogen and oxygen atoms in total. The van der Waals surface area contributed by atoms with Gasteiger partial charge in [0.15, 0.2) is 0 Å². The summed E-state index contributed by atoms with van der Waals surface area (Å²) in [7, 11) is 0. The number of amides is 1. The van der Waals surface area contributed by atoms with Gasteiger partial charge < -0.3 is 5.32 Å². The highest BCUT2D eigenvalue weighted by Crippen LogP contribution is 2.45. The van der Waals surface area contributed by atoms with Gasteiger partial charge in [-0.3, -0.25) is 4.79 Å². The monoisotopic (exact) mass is 294 g/mol. The van der Waals surface area contributed by atoms with Gasteiger partial charge in [0.25, 0.3) is 0 Å². The highest BCUT2D eigenvalue weighted by Gasteiger charge is 2.32. The Kier molecular flexibility index (Phi) is 2.83. The number of nitrogens with one attached hydrogen (secondary N) is 1. The molecule has 2 aliphatic rings. The van der Waals surface area contributed by atoms with Gasteiger partial charge in [-0.25, -0.2) is 0 Å². The number of anilines is 1. The molecule has 1 fully saturated rings. The average Bonchev–Trinajstić information content (AvgIpc) is 3.29. The number of hydrogen-bond acceptors (Lipinski definition) is 3. The van der Waals surface area contributed by atoms with Crippen molar-refractivity contribution < 1.29 is 4.79 Å². The van der Waals surface area contributed by atoms with Gasteiger partial charge in [0.05, 0.1) is 5.56 Å². The fourth-order valence-electron chi connectivity index (χ4n) is 2.91. The average molecular weight is 294 g/mol. The molecule has 1 amide bonds. The van der Waals surface area contributed by atoms with Crippen LogP contribution in [0.15, 0.2) is 24.3 Å². The molecule has 1 heterocycles. The minimum atomic E-state index is 0.0679. The molecule has 0 spiro atoms. The van der Waals surface area contributed by atoms with Crippen LogP contribution in [-0.2, 0) is 17.6 Å². The molecule has 0 radical (unpaired) electrons. The Morgan fingerprint density at radius 3 is 2.86 bits per heavy atom. The zero-order valence-corrected chi connectivity index (χ0v) is 12.3. The molecule has 0 saturated heterocycles. The summed E-state index contributed by atoms with van der Waals surface area (Å²) in [6, 6.07) is 10.6. The molecule has 1 aromatic heterocycles. The van der Waals surface area contributed by atoms with Gasteiger partial charge >= 0.3 is 0 Å². The smallest absolute Gasteiger partial charge is 0.228 e. The number of fused-ring (bicyclic) bond motifs is 3. The Balaban J connectivity index is 1.79. The molecule has 0 aliphatic heterocycles. The van der Waals surface area contributed by atoms with Gasteiger partial charge in [-0.2, -0.15) is 5.26 Å². The van der Waals surface area contributed by atoms with Crippen LogP contribution in [0.5, 0.6) is 0 Å². The van der Waals surface area contributed by atoms with E-state index >= 15 is 0 Å². The first-order chi connectivity index (χ1) is 10.3. The van der Waals surface area contributed by atoms with Crippen LogP contribution in [0.4, 0.5) is 5.00 Å². The van der Waals surface area contributed by atoms with E-state index in [2.05, 4.69) is 29.6 Å². The molecule has 0 atom stereocenters. The third kappa shape index (κ3) is 2.05. The summed E-state index contributed by atoms with van der Waals surface area (Å²) in [6.07, 6.45) is 3.79. The second kappa shape index (κ2) is 4.71. The van der Waals surface area contributed by atoms with Crippen LogP contribution in [0, 0.1) is 17.2 Å². The van der Waals surface area contributed by atoms with Crippen LogP contribution in [0.3, 0.4) is 0 Å². The molecule has 21 heavy (non-hydrogen) atoms. The fourth-order valence-corrected chi connectivity index (χ4v) is 4.17. The summed E-state index contributed by atoms with van der Waals surface area (Å²) in [5, 5.41) is 13.2. The number of thiophene rings is 1. The van der Waals surface area contributed by atoms with Crippen LogP contribution in [-0.4, -0.2) is 5.91 Å². The molecule has 2 aliphatic carbocycles. The van der Waals surface area contributed by atoms with Crippen LogP contribution in [0.25, 0.3) is 10.4 Å². The first kappa shape index (κ1) is 12.6. The highest BCUT2D eigenvalue weighted by molar-refractivity contribution is 7.20. The van der Waals surface area contributed by atoms with Crippen LogP contribution >= 0.6 is 11.3 Å². The molecule has 4 rings (SSSR count). The van der Waals surface area contributed by atoms with E-state index in [1.807, 2.05) is 6.07 Å². The van der Waals surface area contributed by atoms with E-state index in [1.54, 1.807) is 11.3 Å². The van der Waals surface area contributed by atoms with E-state index in [9.17, 15) is 10.1 Å². The Bertz CT molecular complexity index is 781. The van der Waals surface area contributed by atoms with Crippen molar-refractivity contribution in [3.63, 3.8) is 0 Å². The van der Waals surface area contributed by atoms with Gasteiger partial charge in [-0.05, 0) is 42.4 Å². The second-order valence-corrected chi connectivity index (χ2v) is 6.67. The molecular formula is C17H14N2OS. The number of nitrogens with zero attached hydrogens (tertiary/aromatic N) is 1. The van der Waals surface area contributed by atoms with Crippen LogP contribution < -0.4 is 5.32 Å². The summed E-state index contributed by atoms with van der Waals surface area (Å²) in [5.74, 6) is 0.223. The summed E-state index contributed by atoms with van der Waals surface area (Å²) in [5.41, 5.74) is 4.31. The largest absolute Gasteiger partial charge is 0.316 e. The van der Waals surface area contributed by atoms with Crippen molar-refractivity contribution in [3.05, 3.63) is 41.0 Å². The van der Waals surface area contributed by atoms with Crippen molar-refractivity contribution in [2.75, 3.05) is 5.32 Å². The molecule has 0 bridgehead atoms. The van der Waals surface area contributed by atoms with Gasteiger partial charge in [0.1, 0.15) is 11.1 Å². The zero-order chi connectivity index (χ0) is 14.4. The van der Waals surface area contributed by atoms with Crippen molar-refractivity contribution in [3.8, 4) is 16.5 Å². The number of hydrogen-bond donors (Lipinski definition) is 1. The van der Waals surface area contributed by atoms with E-state index in [1.165, 1.54) is 11.1 Å². The van der Waals surface area contributed by atoms with E-state index in [0.29, 0.717) is 5.56 Å². The Hall–Kier alpha value is -2.12. The van der Waals surface area contributed by atoms with Crippen LogP contribution in [0.1, 0.15) is 29.5 Å². The number of nitriles is 1. The predicted molar refractivity (Wildman–Crippen MR) is 83.2 cm³/mol. The fraction of sp³-hybridized carbons (Fsp3) is 0.294. The third-order valence-electron chi connectivity index (χ3n) is 4.21. The Labute approximate surface area is 127 Å². The van der Waals surface area contributed by atoms with Gasteiger partial charge in [-0.15, -0.1) is 11.3 Å². The summed E-state index contributed by atoms with van der Waals surface area (Å²) < 4.78 is 0. The van der Waals surface area contributed by atoms with Crippen molar-refractivity contribution in [1.29, 1.82) is 5.26 Å². The number of carbonyl (C=O) groups excluding carboxylic acids is 1. The number of carbonyl (C=O) groups is 1. The number of benzene rings is 1. The quantitative estimate of drug-likeness (QED) is 0.917. The van der Waals surface area contributed by atoms with E-state index in [4.69, 9.17) is 0 Å². The van der Waals surface area contributed by atoms with E-state index < -0.39 is 0 Å². The lowest BCUT2D eigenvalue weighted by Gasteiger charge is -2.15. The summed E-state index contributed by atoms with van der Waals surface area (Å²) >= 11 is 1.55. The molecule has 0 unspecified atom stereocenters. The maximum atomic E-state index is 12.0. The first-order valence-electron chi connectivity index (χ1n) is 7.23. The SMILES string of the molecule is N#Cc1c(NC(=O)C2CC2)sc2c1CCc1ccccc1-2. The van der Waals surface area contributed by atoms with Crippen molar-refractivity contribution in [2.24, 2.45) is 5.92 Å². The molecule has 1 saturated carbocycles. The third-order valence-corrected chi connectivity index (χ3v) is 5.39. The van der Waals surface area contributed by atoms with E-state index in [-0.39, 0.29) is 11.8 Å².